The van der Waals surface area contributed by atoms with Crippen LogP contribution in [0.2, 0.25) is 5.02 Å². The van der Waals surface area contributed by atoms with E-state index in [-0.39, 0.29) is 11.8 Å². The van der Waals surface area contributed by atoms with Gasteiger partial charge in [0, 0.05) is 42.7 Å². The van der Waals surface area contributed by atoms with Gasteiger partial charge >= 0.3 is 0 Å². The summed E-state index contributed by atoms with van der Waals surface area (Å²) in [5.74, 6) is 1.13. The van der Waals surface area contributed by atoms with Crippen molar-refractivity contribution < 1.29 is 9.84 Å². The summed E-state index contributed by atoms with van der Waals surface area (Å²) in [6.07, 6.45) is 7.99. The third-order valence-electron chi connectivity index (χ3n) is 5.13. The van der Waals surface area contributed by atoms with Crippen LogP contribution in [0.1, 0.15) is 24.0 Å². The van der Waals surface area contributed by atoms with E-state index in [1.165, 1.54) is 0 Å². The summed E-state index contributed by atoms with van der Waals surface area (Å²) in [5.41, 5.74) is 8.67. The first-order chi connectivity index (χ1) is 12.6. The number of hydrogen-bond donors (Lipinski definition) is 3. The van der Waals surface area contributed by atoms with Gasteiger partial charge < -0.3 is 20.9 Å². The minimum Gasteiger partial charge on any atom is -0.506 e. The van der Waals surface area contributed by atoms with Gasteiger partial charge in [-0.1, -0.05) is 11.6 Å². The van der Waals surface area contributed by atoms with Crippen molar-refractivity contribution in [2.45, 2.75) is 30.9 Å². The maximum absolute atomic E-state index is 9.95. The van der Waals surface area contributed by atoms with E-state index in [9.17, 15) is 5.11 Å². The summed E-state index contributed by atoms with van der Waals surface area (Å²) in [6, 6.07) is 3.72. The molecule has 0 amide bonds. The molecule has 1 saturated heterocycles. The Morgan fingerprint density at radius 2 is 2.42 bits per heavy atom. The Bertz CT molecular complexity index is 710. The van der Waals surface area contributed by atoms with Crippen molar-refractivity contribution in [2.75, 3.05) is 31.7 Å². The number of phenolic OH excluding ortho intramolecular Hbond substituents is 1. The van der Waals surface area contributed by atoms with Crippen LogP contribution in [-0.2, 0) is 16.8 Å². The van der Waals surface area contributed by atoms with Gasteiger partial charge in [0.1, 0.15) is 5.75 Å². The van der Waals surface area contributed by atoms with Gasteiger partial charge in [0.2, 0.25) is 0 Å². The molecule has 26 heavy (non-hydrogen) atoms. The van der Waals surface area contributed by atoms with E-state index in [0.29, 0.717) is 11.6 Å². The van der Waals surface area contributed by atoms with Crippen LogP contribution >= 0.6 is 23.4 Å². The highest BCUT2D eigenvalue weighted by Crippen LogP contribution is 2.44. The molecule has 1 aromatic rings. The Hall–Kier alpha value is -1.21. The number of aromatic hydroxyl groups is 1. The van der Waals surface area contributed by atoms with Crippen molar-refractivity contribution in [1.82, 2.24) is 5.32 Å². The SMILES string of the molecule is CSCCN=C/C(=C\N)[C@@H]1CC2(CCN1)OCCc1cc(O)c(Cl)cc12. The zero-order valence-corrected chi connectivity index (χ0v) is 16.6. The standard InChI is InChI=1S/C19H26ClN3O2S/c1-26-7-5-22-12-14(11-21)17-10-19(3-4-23-17)15-9-16(20)18(24)8-13(15)2-6-25-19/h8-9,11-12,17,23-24H,2-7,10,21H2,1H3/b14-11+,22-12?/t17-,19?/m0/s1. The zero-order chi connectivity index (χ0) is 18.6. The Morgan fingerprint density at radius 3 is 3.19 bits per heavy atom. The lowest BCUT2D eigenvalue weighted by atomic mass is 9.76. The molecule has 1 spiro atoms. The number of nitrogens with two attached hydrogens (primary N) is 1. The van der Waals surface area contributed by atoms with E-state index in [2.05, 4.69) is 16.6 Å². The molecule has 142 valence electrons. The normalized spacial score (nSPS) is 26.4. The third-order valence-corrected chi connectivity index (χ3v) is 6.02. The number of piperidine rings is 1. The number of rotatable bonds is 5. The van der Waals surface area contributed by atoms with Crippen molar-refractivity contribution in [1.29, 1.82) is 0 Å². The molecule has 5 nitrogen and oxygen atoms in total. The van der Waals surface area contributed by atoms with Crippen LogP contribution in [-0.4, -0.2) is 49.1 Å². The predicted molar refractivity (Wildman–Crippen MR) is 109 cm³/mol. The topological polar surface area (TPSA) is 79.9 Å². The van der Waals surface area contributed by atoms with Gasteiger partial charge in [-0.2, -0.15) is 11.8 Å². The monoisotopic (exact) mass is 395 g/mol. The summed E-state index contributed by atoms with van der Waals surface area (Å²) in [6.45, 7) is 2.24. The quantitative estimate of drug-likeness (QED) is 0.527. The molecule has 1 unspecified atom stereocenters. The molecule has 7 heteroatoms. The van der Waals surface area contributed by atoms with Crippen LogP contribution < -0.4 is 11.1 Å². The van der Waals surface area contributed by atoms with Crippen LogP contribution in [0.4, 0.5) is 0 Å². The smallest absolute Gasteiger partial charge is 0.134 e. The van der Waals surface area contributed by atoms with Crippen LogP contribution in [0.5, 0.6) is 5.75 Å². The number of nitrogens with one attached hydrogen (secondary N) is 1. The molecular weight excluding hydrogens is 370 g/mol. The molecule has 0 saturated carbocycles. The summed E-state index contributed by atoms with van der Waals surface area (Å²) in [4.78, 5) is 4.48. The lowest BCUT2D eigenvalue weighted by Crippen LogP contribution is -2.50. The zero-order valence-electron chi connectivity index (χ0n) is 15.0. The number of fused-ring (bicyclic) bond motifs is 2. The van der Waals surface area contributed by atoms with Gasteiger partial charge in [0.25, 0.3) is 0 Å². The summed E-state index contributed by atoms with van der Waals surface area (Å²) < 4.78 is 6.30. The van der Waals surface area contributed by atoms with Gasteiger partial charge in [-0.05, 0) is 48.9 Å². The highest BCUT2D eigenvalue weighted by Gasteiger charge is 2.43. The Morgan fingerprint density at radius 1 is 1.58 bits per heavy atom. The van der Waals surface area contributed by atoms with Crippen molar-refractivity contribution in [2.24, 2.45) is 10.7 Å². The van der Waals surface area contributed by atoms with Crippen molar-refractivity contribution in [3.63, 3.8) is 0 Å². The fraction of sp³-hybridized carbons (Fsp3) is 0.526. The number of phenols is 1. The second kappa shape index (κ2) is 8.65. The average molecular weight is 396 g/mol. The molecule has 0 bridgehead atoms. The first-order valence-electron chi connectivity index (χ1n) is 8.89. The van der Waals surface area contributed by atoms with Gasteiger partial charge in [-0.15, -0.1) is 0 Å². The highest BCUT2D eigenvalue weighted by atomic mass is 35.5. The van der Waals surface area contributed by atoms with E-state index < -0.39 is 5.60 Å². The molecule has 2 aliphatic rings. The highest BCUT2D eigenvalue weighted by molar-refractivity contribution is 7.98. The molecule has 1 aromatic carbocycles. The second-order valence-corrected chi connectivity index (χ2v) is 8.10. The van der Waals surface area contributed by atoms with Crippen molar-refractivity contribution >= 4 is 29.6 Å². The Kier molecular flexibility index (Phi) is 6.51. The largest absolute Gasteiger partial charge is 0.506 e. The maximum Gasteiger partial charge on any atom is 0.134 e. The van der Waals surface area contributed by atoms with Crippen molar-refractivity contribution in [3.8, 4) is 5.75 Å². The lowest BCUT2D eigenvalue weighted by Gasteiger charge is -2.45. The fourth-order valence-electron chi connectivity index (χ4n) is 3.80. The molecule has 2 heterocycles. The number of hydrogen-bond acceptors (Lipinski definition) is 6. The van der Waals surface area contributed by atoms with E-state index in [1.807, 2.05) is 12.3 Å². The maximum atomic E-state index is 9.95. The molecule has 2 aliphatic heterocycles. The van der Waals surface area contributed by atoms with E-state index in [4.69, 9.17) is 22.1 Å². The summed E-state index contributed by atoms with van der Waals surface area (Å²) in [5, 5.41) is 13.9. The molecule has 2 atom stereocenters. The van der Waals surface area contributed by atoms with E-state index in [1.54, 1.807) is 24.0 Å². The average Bonchev–Trinajstić information content (AvgIpc) is 2.64. The fourth-order valence-corrected chi connectivity index (χ4v) is 4.25. The molecule has 1 fully saturated rings. The van der Waals surface area contributed by atoms with Crippen LogP contribution in [0, 0.1) is 0 Å². The number of nitrogens with zero attached hydrogens (tertiary/aromatic N) is 1. The first-order valence-corrected chi connectivity index (χ1v) is 10.7. The van der Waals surface area contributed by atoms with Crippen LogP contribution in [0.3, 0.4) is 0 Å². The molecule has 0 aliphatic carbocycles. The van der Waals surface area contributed by atoms with Gasteiger partial charge in [0.05, 0.1) is 17.2 Å². The summed E-state index contributed by atoms with van der Waals surface area (Å²) in [7, 11) is 0. The number of ether oxygens (including phenoxy) is 1. The second-order valence-electron chi connectivity index (χ2n) is 6.71. The minimum atomic E-state index is -0.401. The number of aliphatic imine (C=N–C) groups is 1. The summed E-state index contributed by atoms with van der Waals surface area (Å²) >= 11 is 7.97. The third kappa shape index (κ3) is 4.03. The van der Waals surface area contributed by atoms with Gasteiger partial charge in [-0.25, -0.2) is 0 Å². The molecule has 4 N–H and O–H groups in total. The Labute approximate surface area is 164 Å². The molecule has 0 radical (unpaired) electrons. The van der Waals surface area contributed by atoms with Crippen LogP contribution in [0.25, 0.3) is 0 Å². The van der Waals surface area contributed by atoms with E-state index >= 15 is 0 Å². The van der Waals surface area contributed by atoms with Gasteiger partial charge in [0.15, 0.2) is 0 Å². The van der Waals surface area contributed by atoms with Gasteiger partial charge in [-0.3, -0.25) is 4.99 Å². The predicted octanol–water partition coefficient (Wildman–Crippen LogP) is 2.84. The minimum absolute atomic E-state index is 0.0744. The van der Waals surface area contributed by atoms with E-state index in [0.717, 1.165) is 54.8 Å². The molecule has 0 aromatic heterocycles. The Balaban J connectivity index is 1.84. The number of thioether (sulfide) groups is 1. The van der Waals surface area contributed by atoms with Crippen LogP contribution in [0.15, 0.2) is 28.9 Å². The number of benzene rings is 1. The molecular formula is C19H26ClN3O2S. The number of halogens is 1. The van der Waals surface area contributed by atoms with Crippen molar-refractivity contribution in [3.05, 3.63) is 40.1 Å². The first kappa shape index (κ1) is 19.5. The molecule has 3 rings (SSSR count). The lowest BCUT2D eigenvalue weighted by molar-refractivity contribution is -0.0862.